The fraction of sp³-hybridized carbons (Fsp3) is 0.444. The molecule has 1 heterocycles. The molecule has 1 amide bonds. The zero-order valence-corrected chi connectivity index (χ0v) is 14.2. The van der Waals surface area contributed by atoms with E-state index in [0.717, 1.165) is 31.6 Å². The predicted octanol–water partition coefficient (Wildman–Crippen LogP) is 2.93. The molecular weight excluding hydrogens is 288 g/mol. The van der Waals surface area contributed by atoms with Crippen molar-refractivity contribution in [1.29, 1.82) is 0 Å². The zero-order chi connectivity index (χ0) is 16.7. The average molecular weight is 314 g/mol. The molecule has 2 aromatic rings. The minimum atomic E-state index is -0.121. The molecule has 0 atom stereocenters. The molecule has 124 valence electrons. The molecule has 0 saturated carbocycles. The van der Waals surface area contributed by atoms with E-state index in [9.17, 15) is 4.79 Å². The van der Waals surface area contributed by atoms with E-state index < -0.39 is 0 Å². The number of likely N-dealkylation sites (N-methyl/N-ethyl adjacent to an activating group) is 1. The first-order valence-corrected chi connectivity index (χ1v) is 8.28. The van der Waals surface area contributed by atoms with Crippen LogP contribution in [0.2, 0.25) is 0 Å². The van der Waals surface area contributed by atoms with Crippen LogP contribution in [0.3, 0.4) is 0 Å². The summed E-state index contributed by atoms with van der Waals surface area (Å²) in [7, 11) is 0. The molecule has 5 heteroatoms. The molecular formula is C18H26N4O. The van der Waals surface area contributed by atoms with E-state index in [-0.39, 0.29) is 5.91 Å². The fourth-order valence-corrected chi connectivity index (χ4v) is 2.64. The summed E-state index contributed by atoms with van der Waals surface area (Å²) in [5.74, 6) is -0.121. The van der Waals surface area contributed by atoms with E-state index in [2.05, 4.69) is 53.3 Å². The second-order valence-electron chi connectivity index (χ2n) is 5.65. The van der Waals surface area contributed by atoms with Crippen molar-refractivity contribution in [2.45, 2.75) is 33.6 Å². The summed E-state index contributed by atoms with van der Waals surface area (Å²) < 4.78 is 0. The number of carbonyl (C=O) groups is 1. The molecule has 1 aromatic carbocycles. The highest BCUT2D eigenvalue weighted by molar-refractivity contribution is 5.92. The third kappa shape index (κ3) is 4.58. The van der Waals surface area contributed by atoms with Crippen LogP contribution < -0.4 is 10.2 Å². The Bertz CT molecular complexity index is 635. The number of anilines is 1. The van der Waals surface area contributed by atoms with E-state index in [4.69, 9.17) is 0 Å². The number of hydrogen-bond donors (Lipinski definition) is 2. The van der Waals surface area contributed by atoms with Gasteiger partial charge in [-0.2, -0.15) is 5.10 Å². The Morgan fingerprint density at radius 3 is 2.78 bits per heavy atom. The topological polar surface area (TPSA) is 61.0 Å². The van der Waals surface area contributed by atoms with Crippen LogP contribution in [0.4, 0.5) is 5.69 Å². The van der Waals surface area contributed by atoms with Gasteiger partial charge in [0.25, 0.3) is 5.91 Å². The van der Waals surface area contributed by atoms with Gasteiger partial charge in [-0.25, -0.2) is 0 Å². The quantitative estimate of drug-likeness (QED) is 0.787. The molecule has 0 radical (unpaired) electrons. The maximum Gasteiger partial charge on any atom is 0.271 e. The van der Waals surface area contributed by atoms with Gasteiger partial charge < -0.3 is 10.2 Å². The third-order valence-electron chi connectivity index (χ3n) is 3.89. The minimum Gasteiger partial charge on any atom is -0.370 e. The Labute approximate surface area is 138 Å². The van der Waals surface area contributed by atoms with Crippen molar-refractivity contribution in [1.82, 2.24) is 15.5 Å². The Kier molecular flexibility index (Phi) is 6.20. The standard InChI is InChI=1S/C18H26N4O/c1-4-8-15-13-16(21-20-15)18(23)19-11-12-22(5-2)17-10-7-6-9-14(17)3/h6-7,9-10,13H,4-5,8,11-12H2,1-3H3,(H,19,23)(H,20,21). The van der Waals surface area contributed by atoms with Crippen molar-refractivity contribution >= 4 is 11.6 Å². The summed E-state index contributed by atoms with van der Waals surface area (Å²) in [6.07, 6.45) is 1.95. The minimum absolute atomic E-state index is 0.121. The number of aromatic amines is 1. The first-order valence-electron chi connectivity index (χ1n) is 8.28. The third-order valence-corrected chi connectivity index (χ3v) is 3.89. The summed E-state index contributed by atoms with van der Waals surface area (Å²) in [6.45, 7) is 8.61. The summed E-state index contributed by atoms with van der Waals surface area (Å²) in [5.41, 5.74) is 3.94. The van der Waals surface area contributed by atoms with Gasteiger partial charge in [0.1, 0.15) is 5.69 Å². The van der Waals surface area contributed by atoms with Gasteiger partial charge in [0.2, 0.25) is 0 Å². The van der Waals surface area contributed by atoms with E-state index in [1.807, 2.05) is 18.2 Å². The number of nitrogens with one attached hydrogen (secondary N) is 2. The molecule has 5 nitrogen and oxygen atoms in total. The van der Waals surface area contributed by atoms with E-state index >= 15 is 0 Å². The van der Waals surface area contributed by atoms with Crippen molar-refractivity contribution in [2.24, 2.45) is 0 Å². The van der Waals surface area contributed by atoms with Gasteiger partial charge in [-0.05, 0) is 38.0 Å². The van der Waals surface area contributed by atoms with Gasteiger partial charge >= 0.3 is 0 Å². The number of hydrogen-bond acceptors (Lipinski definition) is 3. The highest BCUT2D eigenvalue weighted by Crippen LogP contribution is 2.18. The largest absolute Gasteiger partial charge is 0.370 e. The molecule has 0 saturated heterocycles. The molecule has 2 N–H and O–H groups in total. The second kappa shape index (κ2) is 8.36. The smallest absolute Gasteiger partial charge is 0.271 e. The second-order valence-corrected chi connectivity index (χ2v) is 5.65. The molecule has 0 aliphatic carbocycles. The number of H-pyrrole nitrogens is 1. The van der Waals surface area contributed by atoms with Gasteiger partial charge in [0, 0.05) is 31.0 Å². The van der Waals surface area contributed by atoms with Crippen LogP contribution in [0.5, 0.6) is 0 Å². The van der Waals surface area contributed by atoms with Gasteiger partial charge in [-0.3, -0.25) is 9.89 Å². The highest BCUT2D eigenvalue weighted by atomic mass is 16.1. The summed E-state index contributed by atoms with van der Waals surface area (Å²) in [5, 5.41) is 9.93. The van der Waals surface area contributed by atoms with E-state index in [1.54, 1.807) is 0 Å². The Hall–Kier alpha value is -2.30. The number of nitrogens with zero attached hydrogens (tertiary/aromatic N) is 2. The highest BCUT2D eigenvalue weighted by Gasteiger charge is 2.11. The van der Waals surface area contributed by atoms with Crippen molar-refractivity contribution in [2.75, 3.05) is 24.5 Å². The van der Waals surface area contributed by atoms with Crippen LogP contribution in [0, 0.1) is 6.92 Å². The molecule has 23 heavy (non-hydrogen) atoms. The lowest BCUT2D eigenvalue weighted by Crippen LogP contribution is -2.35. The normalized spacial score (nSPS) is 10.6. The molecule has 1 aromatic heterocycles. The van der Waals surface area contributed by atoms with Crippen molar-refractivity contribution in [3.05, 3.63) is 47.3 Å². The van der Waals surface area contributed by atoms with Crippen molar-refractivity contribution in [3.63, 3.8) is 0 Å². The number of rotatable bonds is 8. The average Bonchev–Trinajstić information content (AvgIpc) is 3.01. The number of aryl methyl sites for hydroxylation is 2. The lowest BCUT2D eigenvalue weighted by Gasteiger charge is -2.24. The van der Waals surface area contributed by atoms with Crippen LogP contribution in [-0.4, -0.2) is 35.7 Å². The maximum absolute atomic E-state index is 12.1. The molecule has 0 aliphatic rings. The van der Waals surface area contributed by atoms with Gasteiger partial charge in [0.05, 0.1) is 0 Å². The summed E-state index contributed by atoms with van der Waals surface area (Å²) >= 11 is 0. The Balaban J connectivity index is 1.87. The van der Waals surface area contributed by atoms with Gasteiger partial charge in [0.15, 0.2) is 0 Å². The molecule has 0 unspecified atom stereocenters. The SMILES string of the molecule is CCCc1cc(C(=O)NCCN(CC)c2ccccc2C)n[nH]1. The van der Waals surface area contributed by atoms with Crippen LogP contribution in [0.15, 0.2) is 30.3 Å². The lowest BCUT2D eigenvalue weighted by molar-refractivity contribution is 0.0949. The number of aromatic nitrogens is 2. The maximum atomic E-state index is 12.1. The first kappa shape index (κ1) is 17.1. The van der Waals surface area contributed by atoms with Crippen molar-refractivity contribution in [3.8, 4) is 0 Å². The molecule has 2 rings (SSSR count). The number of carbonyl (C=O) groups excluding carboxylic acids is 1. The lowest BCUT2D eigenvalue weighted by atomic mass is 10.2. The molecule has 0 aliphatic heterocycles. The number of amides is 1. The van der Waals surface area contributed by atoms with E-state index in [1.165, 1.54) is 11.3 Å². The van der Waals surface area contributed by atoms with Crippen LogP contribution in [0.25, 0.3) is 0 Å². The number of para-hydroxylation sites is 1. The Morgan fingerprint density at radius 1 is 1.30 bits per heavy atom. The monoisotopic (exact) mass is 314 g/mol. The van der Waals surface area contributed by atoms with Crippen molar-refractivity contribution < 1.29 is 4.79 Å². The number of benzene rings is 1. The summed E-state index contributed by atoms with van der Waals surface area (Å²) in [6, 6.07) is 10.1. The van der Waals surface area contributed by atoms with Crippen LogP contribution >= 0.6 is 0 Å². The van der Waals surface area contributed by atoms with Gasteiger partial charge in [-0.1, -0.05) is 31.5 Å². The first-order chi connectivity index (χ1) is 11.2. The molecule has 0 spiro atoms. The van der Waals surface area contributed by atoms with Crippen LogP contribution in [0.1, 0.15) is 42.0 Å². The van der Waals surface area contributed by atoms with E-state index in [0.29, 0.717) is 12.2 Å². The zero-order valence-electron chi connectivity index (χ0n) is 14.2. The summed E-state index contributed by atoms with van der Waals surface area (Å²) in [4.78, 5) is 14.4. The molecule has 0 fully saturated rings. The van der Waals surface area contributed by atoms with Crippen LogP contribution in [-0.2, 0) is 6.42 Å². The van der Waals surface area contributed by atoms with Gasteiger partial charge in [-0.15, -0.1) is 0 Å². The molecule has 0 bridgehead atoms. The fourth-order valence-electron chi connectivity index (χ4n) is 2.64. The predicted molar refractivity (Wildman–Crippen MR) is 94.0 cm³/mol. The Morgan fingerprint density at radius 2 is 2.09 bits per heavy atom.